The number of hydrogen-bond acceptors (Lipinski definition) is 4. The number of hydrogen-bond donors (Lipinski definition) is 2. The summed E-state index contributed by atoms with van der Waals surface area (Å²) < 4.78 is 0. The molecule has 0 amide bonds. The van der Waals surface area contributed by atoms with Gasteiger partial charge in [-0.05, 0) is 43.2 Å². The van der Waals surface area contributed by atoms with Crippen molar-refractivity contribution in [3.8, 4) is 0 Å². The first kappa shape index (κ1) is 18.8. The fourth-order valence-electron chi connectivity index (χ4n) is 3.12. The van der Waals surface area contributed by atoms with Crippen LogP contribution in [0.3, 0.4) is 0 Å². The second-order valence-electron chi connectivity index (χ2n) is 6.80. The number of thioether (sulfide) groups is 1. The molecule has 0 saturated carbocycles. The largest absolute Gasteiger partial charge is 0.363 e. The van der Waals surface area contributed by atoms with Gasteiger partial charge in [-0.2, -0.15) is 11.8 Å². The van der Waals surface area contributed by atoms with Crippen molar-refractivity contribution < 1.29 is 0 Å². The zero-order chi connectivity index (χ0) is 18.4. The van der Waals surface area contributed by atoms with Gasteiger partial charge in [0.2, 0.25) is 0 Å². The van der Waals surface area contributed by atoms with Crippen molar-refractivity contribution in [2.75, 3.05) is 37.0 Å². The van der Waals surface area contributed by atoms with Crippen LogP contribution in [-0.2, 0) is 6.54 Å². The Morgan fingerprint density at radius 3 is 2.92 bits per heavy atom. The summed E-state index contributed by atoms with van der Waals surface area (Å²) in [6.45, 7) is 3.61. The van der Waals surface area contributed by atoms with Crippen molar-refractivity contribution in [2.45, 2.75) is 32.4 Å². The van der Waals surface area contributed by atoms with Crippen LogP contribution in [0.5, 0.6) is 0 Å². The van der Waals surface area contributed by atoms with Crippen LogP contribution in [0.2, 0.25) is 0 Å². The van der Waals surface area contributed by atoms with Crippen molar-refractivity contribution in [2.24, 2.45) is 4.99 Å². The summed E-state index contributed by atoms with van der Waals surface area (Å²) in [6, 6.07) is 11.0. The van der Waals surface area contributed by atoms with Crippen molar-refractivity contribution >= 4 is 34.4 Å². The molecule has 1 aliphatic rings. The zero-order valence-corrected chi connectivity index (χ0v) is 16.8. The molecule has 0 radical (unpaired) electrons. The number of nitrogens with one attached hydrogen (secondary N) is 2. The highest BCUT2D eigenvalue weighted by Gasteiger charge is 2.15. The Labute approximate surface area is 160 Å². The molecule has 0 bridgehead atoms. The van der Waals surface area contributed by atoms with E-state index in [2.05, 4.69) is 41.8 Å². The number of rotatable bonds is 5. The maximum absolute atomic E-state index is 4.87. The molecule has 5 nitrogen and oxygen atoms in total. The molecule has 140 valence electrons. The van der Waals surface area contributed by atoms with Crippen molar-refractivity contribution in [3.05, 3.63) is 35.9 Å². The Kier molecular flexibility index (Phi) is 6.61. The maximum Gasteiger partial charge on any atom is 0.191 e. The summed E-state index contributed by atoms with van der Waals surface area (Å²) in [7, 11) is 4.05. The first-order valence-electron chi connectivity index (χ1n) is 9.36. The second-order valence-corrected chi connectivity index (χ2v) is 7.95. The lowest BCUT2D eigenvalue weighted by Gasteiger charge is -2.24. The van der Waals surface area contributed by atoms with Gasteiger partial charge in [-0.25, -0.2) is 9.98 Å². The van der Waals surface area contributed by atoms with E-state index in [1.54, 1.807) is 0 Å². The first-order chi connectivity index (χ1) is 12.7. The standard InChI is InChI=1S/C20H29N5S/c1-4-21-20(23-16-8-7-11-26-14-16)22-13-15-12-19(25(2)3)24-18-10-6-5-9-17(15)18/h5-6,9-10,12,16H,4,7-8,11,13-14H2,1-3H3,(H2,21,22,23). The highest BCUT2D eigenvalue weighted by molar-refractivity contribution is 7.99. The quantitative estimate of drug-likeness (QED) is 0.624. The number of guanidine groups is 1. The normalized spacial score (nSPS) is 18.0. The number of anilines is 1. The van der Waals surface area contributed by atoms with E-state index < -0.39 is 0 Å². The lowest BCUT2D eigenvalue weighted by molar-refractivity contribution is 0.582. The molecule has 6 heteroatoms. The van der Waals surface area contributed by atoms with Gasteiger partial charge in [-0.3, -0.25) is 0 Å². The van der Waals surface area contributed by atoms with Crippen LogP contribution in [0.25, 0.3) is 10.9 Å². The average Bonchev–Trinajstić information content (AvgIpc) is 2.66. The van der Waals surface area contributed by atoms with E-state index in [1.165, 1.54) is 29.5 Å². The van der Waals surface area contributed by atoms with Crippen LogP contribution < -0.4 is 15.5 Å². The van der Waals surface area contributed by atoms with Gasteiger partial charge in [0.05, 0.1) is 12.1 Å². The third kappa shape index (κ3) is 4.81. The molecule has 1 saturated heterocycles. The molecular weight excluding hydrogens is 342 g/mol. The molecule has 3 rings (SSSR count). The van der Waals surface area contributed by atoms with Crippen LogP contribution >= 0.6 is 11.8 Å². The molecule has 1 fully saturated rings. The van der Waals surface area contributed by atoms with Gasteiger partial charge in [0.15, 0.2) is 5.96 Å². The molecule has 0 spiro atoms. The summed E-state index contributed by atoms with van der Waals surface area (Å²) in [5, 5.41) is 8.17. The van der Waals surface area contributed by atoms with Gasteiger partial charge in [0.25, 0.3) is 0 Å². The Hall–Kier alpha value is -1.95. The Bertz CT molecular complexity index is 753. The van der Waals surface area contributed by atoms with Crippen LogP contribution in [-0.4, -0.2) is 49.1 Å². The van der Waals surface area contributed by atoms with Gasteiger partial charge in [0.1, 0.15) is 5.82 Å². The van der Waals surface area contributed by atoms with Crippen LogP contribution in [0.1, 0.15) is 25.3 Å². The third-order valence-electron chi connectivity index (χ3n) is 4.50. The van der Waals surface area contributed by atoms with E-state index in [9.17, 15) is 0 Å². The highest BCUT2D eigenvalue weighted by Crippen LogP contribution is 2.23. The summed E-state index contributed by atoms with van der Waals surface area (Å²) in [5.74, 6) is 4.32. The molecule has 1 unspecified atom stereocenters. The number of benzene rings is 1. The van der Waals surface area contributed by atoms with Crippen molar-refractivity contribution in [1.82, 2.24) is 15.6 Å². The molecule has 2 heterocycles. The molecule has 1 aliphatic heterocycles. The molecular formula is C20H29N5S. The smallest absolute Gasteiger partial charge is 0.191 e. The average molecular weight is 372 g/mol. The van der Waals surface area contributed by atoms with Gasteiger partial charge in [0, 0.05) is 37.8 Å². The SMILES string of the molecule is CCNC(=NCc1cc(N(C)C)nc2ccccc12)NC1CCCSC1. The third-order valence-corrected chi connectivity index (χ3v) is 5.71. The van der Waals surface area contributed by atoms with Gasteiger partial charge in [-0.1, -0.05) is 18.2 Å². The molecule has 26 heavy (non-hydrogen) atoms. The van der Waals surface area contributed by atoms with E-state index in [4.69, 9.17) is 9.98 Å². The fourth-order valence-corrected chi connectivity index (χ4v) is 4.20. The minimum Gasteiger partial charge on any atom is -0.363 e. The van der Waals surface area contributed by atoms with Crippen LogP contribution in [0.15, 0.2) is 35.3 Å². The van der Waals surface area contributed by atoms with E-state index in [-0.39, 0.29) is 0 Å². The number of pyridine rings is 1. The molecule has 2 aromatic rings. The minimum atomic E-state index is 0.512. The van der Waals surface area contributed by atoms with Gasteiger partial charge in [-0.15, -0.1) is 0 Å². The van der Waals surface area contributed by atoms with E-state index >= 15 is 0 Å². The number of fused-ring (bicyclic) bond motifs is 1. The number of aliphatic imine (C=N–C) groups is 1. The molecule has 1 aromatic heterocycles. The molecule has 1 atom stereocenters. The topological polar surface area (TPSA) is 52.6 Å². The Balaban J connectivity index is 1.83. The Morgan fingerprint density at radius 2 is 2.19 bits per heavy atom. The van der Waals surface area contributed by atoms with E-state index in [1.807, 2.05) is 36.8 Å². The van der Waals surface area contributed by atoms with Crippen LogP contribution in [0.4, 0.5) is 5.82 Å². The van der Waals surface area contributed by atoms with Gasteiger partial charge >= 0.3 is 0 Å². The van der Waals surface area contributed by atoms with Crippen LogP contribution in [0, 0.1) is 0 Å². The first-order valence-corrected chi connectivity index (χ1v) is 10.5. The predicted octanol–water partition coefficient (Wildman–Crippen LogP) is 3.25. The lowest BCUT2D eigenvalue weighted by atomic mass is 10.1. The zero-order valence-electron chi connectivity index (χ0n) is 16.0. The van der Waals surface area contributed by atoms with Gasteiger partial charge < -0.3 is 15.5 Å². The number of aromatic nitrogens is 1. The Morgan fingerprint density at radius 1 is 1.35 bits per heavy atom. The van der Waals surface area contributed by atoms with Crippen molar-refractivity contribution in [1.29, 1.82) is 0 Å². The monoisotopic (exact) mass is 371 g/mol. The summed E-state index contributed by atoms with van der Waals surface area (Å²) in [6.07, 6.45) is 2.50. The molecule has 2 N–H and O–H groups in total. The minimum absolute atomic E-state index is 0.512. The van der Waals surface area contributed by atoms with E-state index in [0.29, 0.717) is 12.6 Å². The highest BCUT2D eigenvalue weighted by atomic mass is 32.2. The van der Waals surface area contributed by atoms with E-state index in [0.717, 1.165) is 29.6 Å². The van der Waals surface area contributed by atoms with Crippen molar-refractivity contribution in [3.63, 3.8) is 0 Å². The maximum atomic E-state index is 4.87. The summed E-state index contributed by atoms with van der Waals surface area (Å²) in [5.41, 5.74) is 2.22. The summed E-state index contributed by atoms with van der Waals surface area (Å²) in [4.78, 5) is 11.6. The second kappa shape index (κ2) is 9.12. The predicted molar refractivity (Wildman–Crippen MR) is 114 cm³/mol. The number of nitrogens with zero attached hydrogens (tertiary/aromatic N) is 3. The number of para-hydroxylation sites is 1. The summed E-state index contributed by atoms with van der Waals surface area (Å²) >= 11 is 2.03. The molecule has 1 aromatic carbocycles. The fraction of sp³-hybridized carbons (Fsp3) is 0.500. The lowest BCUT2D eigenvalue weighted by Crippen LogP contribution is -2.45. The molecule has 0 aliphatic carbocycles.